The van der Waals surface area contributed by atoms with Gasteiger partial charge >= 0.3 is 0 Å². The number of H-pyrrole nitrogens is 1. The summed E-state index contributed by atoms with van der Waals surface area (Å²) in [6.07, 6.45) is 10.6. The van der Waals surface area contributed by atoms with E-state index in [0.29, 0.717) is 6.04 Å². The normalized spacial score (nSPS) is 18.9. The van der Waals surface area contributed by atoms with E-state index >= 15 is 0 Å². The lowest BCUT2D eigenvalue weighted by Crippen LogP contribution is -2.39. The Morgan fingerprint density at radius 1 is 1.21 bits per heavy atom. The molecule has 0 radical (unpaired) electrons. The molecular formula is C18H23N5O. The van der Waals surface area contributed by atoms with Crippen LogP contribution in [0.2, 0.25) is 0 Å². The molecule has 1 aliphatic heterocycles. The summed E-state index contributed by atoms with van der Waals surface area (Å²) in [5.74, 6) is 1.87. The number of aryl methyl sites for hydroxylation is 1. The van der Waals surface area contributed by atoms with Crippen LogP contribution >= 0.6 is 0 Å². The number of hydrogen-bond acceptors (Lipinski definition) is 4. The van der Waals surface area contributed by atoms with E-state index in [-0.39, 0.29) is 0 Å². The minimum atomic E-state index is 0.601. The molecule has 126 valence electrons. The molecule has 6 nitrogen and oxygen atoms in total. The van der Waals surface area contributed by atoms with Crippen LogP contribution in [0.4, 0.5) is 0 Å². The topological polar surface area (TPSA) is 62.9 Å². The van der Waals surface area contributed by atoms with Crippen molar-refractivity contribution in [2.75, 3.05) is 6.54 Å². The van der Waals surface area contributed by atoms with Gasteiger partial charge in [0.1, 0.15) is 11.5 Å². The van der Waals surface area contributed by atoms with Crippen LogP contribution in [0.1, 0.15) is 31.4 Å². The maximum atomic E-state index is 6.00. The molecule has 3 aromatic rings. The standard InChI is InChI=1S/C18H23N5O/c1-2-11-22(15(4-1)8-13-23-12-3-9-20-23)14-16-5-6-18(24-16)17-7-10-19-21-17/h3,5-7,9-10,12,15H,1-2,4,8,11,13-14H2,(H,19,21). The molecule has 3 aromatic heterocycles. The van der Waals surface area contributed by atoms with Crippen LogP contribution < -0.4 is 0 Å². The average Bonchev–Trinajstić information content (AvgIpc) is 3.36. The zero-order valence-electron chi connectivity index (χ0n) is 13.8. The van der Waals surface area contributed by atoms with Gasteiger partial charge in [0.25, 0.3) is 0 Å². The molecule has 0 amide bonds. The number of piperidine rings is 1. The fourth-order valence-electron chi connectivity index (χ4n) is 3.51. The largest absolute Gasteiger partial charge is 0.458 e. The Bertz CT molecular complexity index is 731. The van der Waals surface area contributed by atoms with E-state index < -0.39 is 0 Å². The highest BCUT2D eigenvalue weighted by atomic mass is 16.3. The Morgan fingerprint density at radius 3 is 3.04 bits per heavy atom. The molecule has 24 heavy (non-hydrogen) atoms. The van der Waals surface area contributed by atoms with Crippen molar-refractivity contribution >= 4 is 0 Å². The summed E-state index contributed by atoms with van der Waals surface area (Å²) in [6.45, 7) is 2.99. The summed E-state index contributed by atoms with van der Waals surface area (Å²) < 4.78 is 8.02. The van der Waals surface area contributed by atoms with Crippen molar-refractivity contribution in [1.82, 2.24) is 24.9 Å². The number of nitrogens with zero attached hydrogens (tertiary/aromatic N) is 4. The van der Waals surface area contributed by atoms with Gasteiger partial charge in [-0.1, -0.05) is 6.42 Å². The lowest BCUT2D eigenvalue weighted by molar-refractivity contribution is 0.118. The summed E-state index contributed by atoms with van der Waals surface area (Å²) in [7, 11) is 0. The summed E-state index contributed by atoms with van der Waals surface area (Å²) in [5.41, 5.74) is 0.926. The lowest BCUT2D eigenvalue weighted by atomic mass is 9.99. The van der Waals surface area contributed by atoms with Gasteiger partial charge < -0.3 is 4.42 Å². The maximum Gasteiger partial charge on any atom is 0.152 e. The maximum absolute atomic E-state index is 6.00. The number of hydrogen-bond donors (Lipinski definition) is 1. The van der Waals surface area contributed by atoms with Crippen LogP contribution in [0.5, 0.6) is 0 Å². The molecule has 0 bridgehead atoms. The predicted octanol–water partition coefficient (Wildman–Crippen LogP) is 3.31. The number of likely N-dealkylation sites (tertiary alicyclic amines) is 1. The summed E-state index contributed by atoms with van der Waals surface area (Å²) in [4.78, 5) is 2.56. The highest BCUT2D eigenvalue weighted by Crippen LogP contribution is 2.25. The van der Waals surface area contributed by atoms with Gasteiger partial charge in [-0.05, 0) is 50.1 Å². The number of furan rings is 1. The number of aromatic amines is 1. The van der Waals surface area contributed by atoms with E-state index in [1.165, 1.54) is 19.3 Å². The second kappa shape index (κ2) is 7.05. The molecular weight excluding hydrogens is 302 g/mol. The van der Waals surface area contributed by atoms with E-state index in [4.69, 9.17) is 4.42 Å². The molecule has 1 atom stereocenters. The number of aromatic nitrogens is 4. The third-order valence-electron chi connectivity index (χ3n) is 4.79. The summed E-state index contributed by atoms with van der Waals surface area (Å²) in [5, 5.41) is 11.2. The molecule has 1 N–H and O–H groups in total. The van der Waals surface area contributed by atoms with Crippen molar-refractivity contribution in [3.8, 4) is 11.5 Å². The molecule has 4 heterocycles. The Morgan fingerprint density at radius 2 is 2.21 bits per heavy atom. The second-order valence-electron chi connectivity index (χ2n) is 6.41. The quantitative estimate of drug-likeness (QED) is 0.755. The molecule has 4 rings (SSSR count). The zero-order chi connectivity index (χ0) is 16.2. The van der Waals surface area contributed by atoms with E-state index in [1.54, 1.807) is 6.20 Å². The fraction of sp³-hybridized carbons (Fsp3) is 0.444. The SMILES string of the molecule is c1cnn(CCC2CCCCN2Cc2ccc(-c3ccn[nH]3)o2)c1. The molecule has 1 saturated heterocycles. The first kappa shape index (κ1) is 15.2. The van der Waals surface area contributed by atoms with Crippen LogP contribution in [0, 0.1) is 0 Å². The number of nitrogens with one attached hydrogen (secondary N) is 1. The Hall–Kier alpha value is -2.34. The van der Waals surface area contributed by atoms with Gasteiger partial charge in [0.05, 0.1) is 6.54 Å². The van der Waals surface area contributed by atoms with Gasteiger partial charge in [-0.3, -0.25) is 14.7 Å². The van der Waals surface area contributed by atoms with Crippen molar-refractivity contribution in [3.05, 3.63) is 48.6 Å². The smallest absolute Gasteiger partial charge is 0.152 e. The monoisotopic (exact) mass is 325 g/mol. The first-order valence-electron chi connectivity index (χ1n) is 8.68. The molecule has 0 spiro atoms. The van der Waals surface area contributed by atoms with Crippen LogP contribution in [0.3, 0.4) is 0 Å². The fourth-order valence-corrected chi connectivity index (χ4v) is 3.51. The van der Waals surface area contributed by atoms with Crippen molar-refractivity contribution < 1.29 is 4.42 Å². The van der Waals surface area contributed by atoms with Crippen LogP contribution in [0.25, 0.3) is 11.5 Å². The van der Waals surface area contributed by atoms with Gasteiger partial charge in [-0.25, -0.2) is 0 Å². The molecule has 1 aliphatic rings. The van der Waals surface area contributed by atoms with E-state index in [2.05, 4.69) is 26.3 Å². The molecule has 0 saturated carbocycles. The third kappa shape index (κ3) is 3.43. The Balaban J connectivity index is 1.39. The highest BCUT2D eigenvalue weighted by molar-refractivity contribution is 5.51. The Kier molecular flexibility index (Phi) is 4.46. The number of rotatable bonds is 6. The zero-order valence-corrected chi connectivity index (χ0v) is 13.8. The molecule has 0 aliphatic carbocycles. The summed E-state index contributed by atoms with van der Waals surface area (Å²) >= 11 is 0. The van der Waals surface area contributed by atoms with Crippen LogP contribution in [0.15, 0.2) is 47.3 Å². The van der Waals surface area contributed by atoms with Crippen LogP contribution in [-0.4, -0.2) is 37.5 Å². The first-order chi connectivity index (χ1) is 11.9. The molecule has 1 fully saturated rings. The minimum absolute atomic E-state index is 0.601. The van der Waals surface area contributed by atoms with Gasteiger partial charge in [-0.2, -0.15) is 10.2 Å². The van der Waals surface area contributed by atoms with Gasteiger partial charge in [0.15, 0.2) is 5.76 Å². The van der Waals surface area contributed by atoms with E-state index in [1.807, 2.05) is 35.3 Å². The third-order valence-corrected chi connectivity index (χ3v) is 4.79. The molecule has 1 unspecified atom stereocenters. The molecule has 6 heteroatoms. The second-order valence-corrected chi connectivity index (χ2v) is 6.41. The van der Waals surface area contributed by atoms with Gasteiger partial charge in [-0.15, -0.1) is 0 Å². The van der Waals surface area contributed by atoms with Crippen molar-refractivity contribution in [2.24, 2.45) is 0 Å². The van der Waals surface area contributed by atoms with Crippen molar-refractivity contribution in [3.63, 3.8) is 0 Å². The highest BCUT2D eigenvalue weighted by Gasteiger charge is 2.23. The van der Waals surface area contributed by atoms with Gasteiger partial charge in [0.2, 0.25) is 0 Å². The average molecular weight is 325 g/mol. The van der Waals surface area contributed by atoms with Gasteiger partial charge in [0, 0.05) is 31.2 Å². The predicted molar refractivity (Wildman–Crippen MR) is 91.2 cm³/mol. The van der Waals surface area contributed by atoms with Crippen LogP contribution in [-0.2, 0) is 13.1 Å². The Labute approximate surface area is 141 Å². The summed E-state index contributed by atoms with van der Waals surface area (Å²) in [6, 6.07) is 8.61. The van der Waals surface area contributed by atoms with E-state index in [0.717, 1.165) is 43.3 Å². The molecule has 0 aromatic carbocycles. The van der Waals surface area contributed by atoms with Crippen molar-refractivity contribution in [2.45, 2.75) is 44.8 Å². The van der Waals surface area contributed by atoms with E-state index in [9.17, 15) is 0 Å². The minimum Gasteiger partial charge on any atom is -0.458 e. The lowest BCUT2D eigenvalue weighted by Gasteiger charge is -2.35. The first-order valence-corrected chi connectivity index (χ1v) is 8.68. The van der Waals surface area contributed by atoms with Crippen molar-refractivity contribution in [1.29, 1.82) is 0 Å².